The average Bonchev–Trinajstić information content (AvgIpc) is 3.07. The molecule has 0 unspecified atom stereocenters. The largest absolute Gasteiger partial charge is 0.273 e. The van der Waals surface area contributed by atoms with Crippen molar-refractivity contribution < 1.29 is 9.18 Å². The maximum absolute atomic E-state index is 13.2. The maximum Gasteiger partial charge on any atom is 0.240 e. The lowest BCUT2D eigenvalue weighted by Crippen LogP contribution is -2.24. The average molecular weight is 323 g/mol. The first-order valence-corrected chi connectivity index (χ1v) is 7.68. The Hall–Kier alpha value is -1.72. The molecule has 3 rings (SSSR count). The molecule has 1 aromatic heterocycles. The van der Waals surface area contributed by atoms with Crippen molar-refractivity contribution in [3.05, 3.63) is 57.0 Å². The van der Waals surface area contributed by atoms with Crippen molar-refractivity contribution in [3.63, 3.8) is 0 Å². The van der Waals surface area contributed by atoms with E-state index in [-0.39, 0.29) is 11.9 Å². The normalized spacial score (nSPS) is 18.0. The zero-order valence-corrected chi connectivity index (χ0v) is 12.8. The Morgan fingerprint density at radius 2 is 2.29 bits per heavy atom. The quantitative estimate of drug-likeness (QED) is 0.814. The topological polar surface area (TPSA) is 32.7 Å². The molecule has 3 nitrogen and oxygen atoms in total. The van der Waals surface area contributed by atoms with Crippen molar-refractivity contribution in [3.8, 4) is 0 Å². The molecule has 1 aromatic carbocycles. The van der Waals surface area contributed by atoms with E-state index in [4.69, 9.17) is 11.6 Å². The van der Waals surface area contributed by atoms with Gasteiger partial charge in [-0.2, -0.15) is 5.10 Å². The Morgan fingerprint density at radius 1 is 1.48 bits per heavy atom. The number of carbonyl (C=O) groups excluding carboxylic acids is 1. The number of thiophene rings is 1. The number of hydrogen-bond donors (Lipinski definition) is 0. The van der Waals surface area contributed by atoms with Gasteiger partial charge >= 0.3 is 0 Å². The highest BCUT2D eigenvalue weighted by Gasteiger charge is 2.33. The summed E-state index contributed by atoms with van der Waals surface area (Å²) in [7, 11) is 0. The fourth-order valence-electron chi connectivity index (χ4n) is 2.41. The van der Waals surface area contributed by atoms with E-state index >= 15 is 0 Å². The molecule has 2 aromatic rings. The van der Waals surface area contributed by atoms with Crippen LogP contribution in [0.2, 0.25) is 5.02 Å². The van der Waals surface area contributed by atoms with Crippen LogP contribution in [0.4, 0.5) is 4.39 Å². The van der Waals surface area contributed by atoms with Crippen molar-refractivity contribution in [2.45, 2.75) is 19.4 Å². The van der Waals surface area contributed by atoms with Gasteiger partial charge in [0.05, 0.1) is 16.6 Å². The standard InChI is InChI=1S/C15H12ClFN2OS/c1-9(20)19-14(11-5-4-10(17)7-12(11)16)8-13(18-19)15-3-2-6-21-15/h2-7,14H,8H2,1H3/t14-/m0/s1. The lowest BCUT2D eigenvalue weighted by molar-refractivity contribution is -0.130. The van der Waals surface area contributed by atoms with Crippen LogP contribution in [0.15, 0.2) is 40.8 Å². The van der Waals surface area contributed by atoms with E-state index in [0.29, 0.717) is 17.0 Å². The lowest BCUT2D eigenvalue weighted by Gasteiger charge is -2.21. The molecule has 0 aliphatic carbocycles. The Bertz CT molecular complexity index is 714. The molecule has 0 fully saturated rings. The van der Waals surface area contributed by atoms with Gasteiger partial charge in [0.15, 0.2) is 0 Å². The van der Waals surface area contributed by atoms with Crippen LogP contribution in [0, 0.1) is 5.82 Å². The summed E-state index contributed by atoms with van der Waals surface area (Å²) in [4.78, 5) is 12.9. The molecule has 2 heterocycles. The predicted molar refractivity (Wildman–Crippen MR) is 82.1 cm³/mol. The summed E-state index contributed by atoms with van der Waals surface area (Å²) in [6.45, 7) is 1.46. The van der Waals surface area contributed by atoms with Crippen LogP contribution in [-0.2, 0) is 4.79 Å². The molecule has 0 saturated carbocycles. The third-order valence-electron chi connectivity index (χ3n) is 3.36. The van der Waals surface area contributed by atoms with Gasteiger partial charge in [-0.05, 0) is 29.1 Å². The van der Waals surface area contributed by atoms with Crippen LogP contribution >= 0.6 is 22.9 Å². The first-order valence-electron chi connectivity index (χ1n) is 6.42. The molecule has 108 valence electrons. The van der Waals surface area contributed by atoms with Crippen molar-refractivity contribution >= 4 is 34.6 Å². The van der Waals surface area contributed by atoms with E-state index in [1.54, 1.807) is 17.4 Å². The number of hydrogen-bond acceptors (Lipinski definition) is 3. The Kier molecular flexibility index (Phi) is 3.78. The highest BCUT2D eigenvalue weighted by Crippen LogP contribution is 2.37. The second-order valence-electron chi connectivity index (χ2n) is 4.77. The van der Waals surface area contributed by atoms with E-state index in [1.165, 1.54) is 24.1 Å². The third kappa shape index (κ3) is 2.71. The molecule has 0 spiro atoms. The lowest BCUT2D eigenvalue weighted by atomic mass is 10.0. The zero-order valence-electron chi connectivity index (χ0n) is 11.2. The number of halogens is 2. The van der Waals surface area contributed by atoms with Crippen LogP contribution in [-0.4, -0.2) is 16.6 Å². The summed E-state index contributed by atoms with van der Waals surface area (Å²) >= 11 is 7.70. The highest BCUT2D eigenvalue weighted by atomic mass is 35.5. The van der Waals surface area contributed by atoms with Crippen molar-refractivity contribution in [2.75, 3.05) is 0 Å². The summed E-state index contributed by atoms with van der Waals surface area (Å²) in [6, 6.07) is 7.86. The molecular weight excluding hydrogens is 311 g/mol. The van der Waals surface area contributed by atoms with Crippen LogP contribution in [0.25, 0.3) is 0 Å². The molecule has 1 aliphatic rings. The number of benzene rings is 1. The number of nitrogens with zero attached hydrogens (tertiary/aromatic N) is 2. The number of hydrazone groups is 1. The van der Waals surface area contributed by atoms with Crippen molar-refractivity contribution in [1.29, 1.82) is 0 Å². The molecule has 0 radical (unpaired) electrons. The highest BCUT2D eigenvalue weighted by molar-refractivity contribution is 7.12. The van der Waals surface area contributed by atoms with Crippen LogP contribution in [0.1, 0.15) is 29.8 Å². The van der Waals surface area contributed by atoms with E-state index < -0.39 is 5.82 Å². The second kappa shape index (κ2) is 5.58. The van der Waals surface area contributed by atoms with E-state index in [1.807, 2.05) is 17.5 Å². The summed E-state index contributed by atoms with van der Waals surface area (Å²) in [5, 5.41) is 8.11. The molecular formula is C15H12ClFN2OS. The van der Waals surface area contributed by atoms with Gasteiger partial charge < -0.3 is 0 Å². The monoisotopic (exact) mass is 322 g/mol. The molecule has 1 atom stereocenters. The summed E-state index contributed by atoms with van der Waals surface area (Å²) in [6.07, 6.45) is 0.575. The minimum atomic E-state index is -0.393. The van der Waals surface area contributed by atoms with E-state index in [0.717, 1.165) is 10.6 Å². The van der Waals surface area contributed by atoms with Crippen LogP contribution < -0.4 is 0 Å². The van der Waals surface area contributed by atoms with E-state index in [2.05, 4.69) is 5.10 Å². The van der Waals surface area contributed by atoms with Gasteiger partial charge in [-0.15, -0.1) is 11.3 Å². The van der Waals surface area contributed by atoms with Crippen LogP contribution in [0.3, 0.4) is 0 Å². The minimum Gasteiger partial charge on any atom is -0.273 e. The van der Waals surface area contributed by atoms with Crippen molar-refractivity contribution in [1.82, 2.24) is 5.01 Å². The fraction of sp³-hybridized carbons (Fsp3) is 0.200. The molecule has 0 N–H and O–H groups in total. The number of rotatable bonds is 2. The zero-order chi connectivity index (χ0) is 15.0. The van der Waals surface area contributed by atoms with Gasteiger partial charge in [0, 0.05) is 18.4 Å². The van der Waals surface area contributed by atoms with Crippen LogP contribution in [0.5, 0.6) is 0 Å². The molecule has 6 heteroatoms. The molecule has 1 aliphatic heterocycles. The van der Waals surface area contributed by atoms with Gasteiger partial charge in [-0.25, -0.2) is 9.40 Å². The molecule has 0 bridgehead atoms. The van der Waals surface area contributed by atoms with Gasteiger partial charge in [-0.3, -0.25) is 4.79 Å². The summed E-state index contributed by atoms with van der Waals surface area (Å²) < 4.78 is 13.2. The molecule has 1 amide bonds. The Balaban J connectivity index is 1.98. The fourth-order valence-corrected chi connectivity index (χ4v) is 3.42. The SMILES string of the molecule is CC(=O)N1N=C(c2cccs2)C[C@H]1c1ccc(F)cc1Cl. The Labute approximate surface area is 130 Å². The first-order chi connectivity index (χ1) is 10.1. The molecule has 0 saturated heterocycles. The van der Waals surface area contributed by atoms with Gasteiger partial charge in [0.25, 0.3) is 0 Å². The maximum atomic E-state index is 13.2. The summed E-state index contributed by atoms with van der Waals surface area (Å²) in [5.74, 6) is -0.553. The number of amides is 1. The van der Waals surface area contributed by atoms with Gasteiger partial charge in [0.2, 0.25) is 5.91 Å². The predicted octanol–water partition coefficient (Wildman–Crippen LogP) is 4.24. The second-order valence-corrected chi connectivity index (χ2v) is 6.13. The van der Waals surface area contributed by atoms with Gasteiger partial charge in [-0.1, -0.05) is 23.7 Å². The smallest absolute Gasteiger partial charge is 0.240 e. The minimum absolute atomic E-state index is 0.160. The Morgan fingerprint density at radius 3 is 2.90 bits per heavy atom. The van der Waals surface area contributed by atoms with E-state index in [9.17, 15) is 9.18 Å². The van der Waals surface area contributed by atoms with Gasteiger partial charge in [0.1, 0.15) is 5.82 Å². The number of carbonyl (C=O) groups is 1. The first kappa shape index (κ1) is 14.2. The third-order valence-corrected chi connectivity index (χ3v) is 4.61. The van der Waals surface area contributed by atoms with Crippen molar-refractivity contribution in [2.24, 2.45) is 5.10 Å². The molecule has 21 heavy (non-hydrogen) atoms. The summed E-state index contributed by atoms with van der Waals surface area (Å²) in [5.41, 5.74) is 1.56.